The molecule has 1 N–H and O–H groups in total. The molecule has 1 aliphatic rings. The molecule has 5 nitrogen and oxygen atoms in total. The average molecular weight is 347 g/mol. The number of thiophene rings is 1. The third-order valence-electron chi connectivity index (χ3n) is 3.75. The number of hydrogen-bond donors (Lipinski definition) is 1. The van der Waals surface area contributed by atoms with Crippen molar-refractivity contribution in [2.45, 2.75) is 37.1 Å². The molecule has 22 heavy (non-hydrogen) atoms. The highest BCUT2D eigenvalue weighted by atomic mass is 32.2. The molecule has 1 saturated carbocycles. The molecular formula is C13H15F2N3O2S2. The lowest BCUT2D eigenvalue weighted by Crippen LogP contribution is -2.14. The van der Waals surface area contributed by atoms with Crippen LogP contribution in [0.3, 0.4) is 0 Å². The molecule has 0 aliphatic heterocycles. The van der Waals surface area contributed by atoms with Gasteiger partial charge in [-0.15, -0.1) is 0 Å². The van der Waals surface area contributed by atoms with Crippen LogP contribution in [0.1, 0.15) is 37.8 Å². The molecule has 2 aromatic heterocycles. The smallest absolute Gasteiger partial charge is 0.265 e. The van der Waals surface area contributed by atoms with Crippen LogP contribution in [0.4, 0.5) is 14.5 Å². The predicted molar refractivity (Wildman–Crippen MR) is 79.7 cm³/mol. The second kappa shape index (κ2) is 5.62. The highest BCUT2D eigenvalue weighted by molar-refractivity contribution is 7.92. The fraction of sp³-hybridized carbons (Fsp3) is 0.462. The minimum atomic E-state index is -4.04. The molecule has 2 heterocycles. The molecule has 1 atom stereocenters. The van der Waals surface area contributed by atoms with Crippen LogP contribution >= 0.6 is 11.3 Å². The lowest BCUT2D eigenvalue weighted by atomic mass is 10.2. The molecule has 0 bridgehead atoms. The molecule has 3 rings (SSSR count). The number of anilines is 1. The van der Waals surface area contributed by atoms with Crippen molar-refractivity contribution in [3.63, 3.8) is 0 Å². The van der Waals surface area contributed by atoms with Crippen molar-refractivity contribution in [1.29, 1.82) is 0 Å². The Morgan fingerprint density at radius 3 is 2.77 bits per heavy atom. The zero-order valence-electron chi connectivity index (χ0n) is 11.7. The summed E-state index contributed by atoms with van der Waals surface area (Å²) in [6, 6.07) is 0.205. The maximum atomic E-state index is 12.8. The summed E-state index contributed by atoms with van der Waals surface area (Å²) in [6.45, 7) is 2.02. The molecule has 1 fully saturated rings. The summed E-state index contributed by atoms with van der Waals surface area (Å²) in [4.78, 5) is -0.379. The van der Waals surface area contributed by atoms with E-state index in [2.05, 4.69) is 9.82 Å². The largest absolute Gasteiger partial charge is 0.276 e. The predicted octanol–water partition coefficient (Wildman–Crippen LogP) is 3.65. The minimum absolute atomic E-state index is 0.205. The van der Waals surface area contributed by atoms with Gasteiger partial charge in [-0.25, -0.2) is 17.2 Å². The molecule has 0 amide bonds. The molecule has 0 spiro atoms. The van der Waals surface area contributed by atoms with E-state index in [0.29, 0.717) is 5.92 Å². The second-order valence-electron chi connectivity index (χ2n) is 5.38. The van der Waals surface area contributed by atoms with Gasteiger partial charge in [-0.3, -0.25) is 9.40 Å². The summed E-state index contributed by atoms with van der Waals surface area (Å²) in [5, 5.41) is 6.50. The van der Waals surface area contributed by atoms with Crippen molar-refractivity contribution in [2.24, 2.45) is 5.92 Å². The second-order valence-corrected chi connectivity index (χ2v) is 7.78. The number of alkyl halides is 2. The van der Waals surface area contributed by atoms with E-state index in [9.17, 15) is 17.2 Å². The monoisotopic (exact) mass is 347 g/mol. The number of rotatable bonds is 6. The van der Waals surface area contributed by atoms with E-state index < -0.39 is 22.0 Å². The zero-order valence-corrected chi connectivity index (χ0v) is 13.4. The Kier molecular flexibility index (Phi) is 3.94. The molecule has 0 saturated heterocycles. The highest BCUT2D eigenvalue weighted by Crippen LogP contribution is 2.39. The van der Waals surface area contributed by atoms with Crippen molar-refractivity contribution < 1.29 is 17.2 Å². The molecule has 120 valence electrons. The fourth-order valence-electron chi connectivity index (χ4n) is 2.29. The Morgan fingerprint density at radius 2 is 2.14 bits per heavy atom. The minimum Gasteiger partial charge on any atom is -0.276 e. The Labute approximate surface area is 131 Å². The summed E-state index contributed by atoms with van der Waals surface area (Å²) in [7, 11) is -4.04. The lowest BCUT2D eigenvalue weighted by Gasteiger charge is -2.10. The number of sulfonamides is 1. The van der Waals surface area contributed by atoms with Gasteiger partial charge in [0.25, 0.3) is 16.4 Å². The Hall–Kier alpha value is -1.48. The lowest BCUT2D eigenvalue weighted by molar-refractivity contribution is 0.148. The third-order valence-corrected chi connectivity index (χ3v) is 6.10. The van der Waals surface area contributed by atoms with Crippen LogP contribution in [0.25, 0.3) is 0 Å². The van der Waals surface area contributed by atoms with Crippen LogP contribution in [0, 0.1) is 5.92 Å². The van der Waals surface area contributed by atoms with Gasteiger partial charge in [-0.1, -0.05) is 0 Å². The molecule has 0 aromatic carbocycles. The van der Waals surface area contributed by atoms with Gasteiger partial charge < -0.3 is 0 Å². The van der Waals surface area contributed by atoms with Gasteiger partial charge in [-0.2, -0.15) is 16.4 Å². The quantitative estimate of drug-likeness (QED) is 0.867. The van der Waals surface area contributed by atoms with Crippen LogP contribution in [-0.4, -0.2) is 18.2 Å². The first-order chi connectivity index (χ1) is 10.4. The molecule has 1 unspecified atom stereocenters. The van der Waals surface area contributed by atoms with E-state index in [-0.39, 0.29) is 16.6 Å². The summed E-state index contributed by atoms with van der Waals surface area (Å²) < 4.78 is 54.2. The summed E-state index contributed by atoms with van der Waals surface area (Å²) in [5.41, 5.74) is -0.199. The number of nitrogens with zero attached hydrogens (tertiary/aromatic N) is 2. The number of aromatic nitrogens is 2. The van der Waals surface area contributed by atoms with Gasteiger partial charge in [0.15, 0.2) is 0 Å². The van der Waals surface area contributed by atoms with Crippen molar-refractivity contribution in [2.75, 3.05) is 4.72 Å². The number of hydrogen-bond acceptors (Lipinski definition) is 4. The van der Waals surface area contributed by atoms with Gasteiger partial charge in [-0.05, 0) is 25.7 Å². The van der Waals surface area contributed by atoms with Crippen molar-refractivity contribution in [3.8, 4) is 0 Å². The number of halogens is 2. The molecule has 9 heteroatoms. The van der Waals surface area contributed by atoms with Gasteiger partial charge in [0, 0.05) is 22.5 Å². The van der Waals surface area contributed by atoms with E-state index in [0.717, 1.165) is 29.6 Å². The van der Waals surface area contributed by atoms with Crippen LogP contribution in [-0.2, 0) is 10.0 Å². The molecular weight excluding hydrogens is 332 g/mol. The topological polar surface area (TPSA) is 64.0 Å². The van der Waals surface area contributed by atoms with E-state index in [4.69, 9.17) is 0 Å². The zero-order chi connectivity index (χ0) is 15.9. The Balaban J connectivity index is 1.81. The molecule has 1 aliphatic carbocycles. The first-order valence-electron chi connectivity index (χ1n) is 6.79. The normalized spacial score (nSPS) is 16.9. The van der Waals surface area contributed by atoms with Gasteiger partial charge in [0.2, 0.25) is 0 Å². The SMILES string of the molecule is CC(C1CC1)n1cc(NS(=O)(=O)c2cscc2C(F)F)cn1. The summed E-state index contributed by atoms with van der Waals surface area (Å²) in [5.74, 6) is 0.576. The van der Waals surface area contributed by atoms with Crippen molar-refractivity contribution in [3.05, 3.63) is 28.7 Å². The van der Waals surface area contributed by atoms with Crippen LogP contribution in [0.2, 0.25) is 0 Å². The number of nitrogens with one attached hydrogen (secondary N) is 1. The van der Waals surface area contributed by atoms with Crippen LogP contribution in [0.5, 0.6) is 0 Å². The van der Waals surface area contributed by atoms with Crippen LogP contribution < -0.4 is 4.72 Å². The van der Waals surface area contributed by atoms with Crippen molar-refractivity contribution >= 4 is 27.0 Å². The first kappa shape index (κ1) is 15.4. The molecule has 2 aromatic rings. The fourth-order valence-corrected chi connectivity index (χ4v) is 4.73. The molecule has 0 radical (unpaired) electrons. The van der Waals surface area contributed by atoms with E-state index in [1.165, 1.54) is 11.6 Å². The first-order valence-corrected chi connectivity index (χ1v) is 9.22. The van der Waals surface area contributed by atoms with Gasteiger partial charge in [0.05, 0.1) is 17.9 Å². The van der Waals surface area contributed by atoms with E-state index in [1.54, 1.807) is 10.9 Å². The Morgan fingerprint density at radius 1 is 1.41 bits per heavy atom. The van der Waals surface area contributed by atoms with Gasteiger partial charge >= 0.3 is 0 Å². The third kappa shape index (κ3) is 3.00. The maximum absolute atomic E-state index is 12.8. The Bertz CT molecular complexity index is 766. The maximum Gasteiger partial charge on any atom is 0.265 e. The van der Waals surface area contributed by atoms with Crippen molar-refractivity contribution in [1.82, 2.24) is 9.78 Å². The van der Waals surface area contributed by atoms with Gasteiger partial charge in [0.1, 0.15) is 4.90 Å². The standard InChI is InChI=1S/C13H15F2N3O2S2/c1-8(9-2-3-9)18-5-10(4-16-18)17-22(19,20)12-7-21-6-11(12)13(14)15/h4-9,13,17H,2-3H2,1H3. The van der Waals surface area contributed by atoms with Crippen LogP contribution in [0.15, 0.2) is 28.0 Å². The van der Waals surface area contributed by atoms with E-state index >= 15 is 0 Å². The summed E-state index contributed by atoms with van der Waals surface area (Å²) >= 11 is 0.934. The van der Waals surface area contributed by atoms with E-state index in [1.807, 2.05) is 6.92 Å². The average Bonchev–Trinajstić information content (AvgIpc) is 2.99. The summed E-state index contributed by atoms with van der Waals surface area (Å²) in [6.07, 6.45) is 2.46. The highest BCUT2D eigenvalue weighted by Gasteiger charge is 2.30.